The molecule has 0 radical (unpaired) electrons. The lowest BCUT2D eigenvalue weighted by Crippen LogP contribution is -2.48. The van der Waals surface area contributed by atoms with E-state index in [1.165, 1.54) is 12.8 Å². The third-order valence-electron chi connectivity index (χ3n) is 5.22. The molecule has 0 aromatic heterocycles. The minimum Gasteiger partial charge on any atom is -0.481 e. The molecule has 1 saturated carbocycles. The standard InChI is InChI=1S/C15H24N2O3/c16-13(10-1-2-10)8-14(18)17-11-3-4-12(17)6-9(5-11)7-15(19)20/h9-13H,1-8,16H2,(H,19,20). The van der Waals surface area contributed by atoms with Crippen LogP contribution in [0.4, 0.5) is 0 Å². The first-order valence-corrected chi connectivity index (χ1v) is 7.83. The van der Waals surface area contributed by atoms with Gasteiger partial charge in [0.15, 0.2) is 0 Å². The minimum atomic E-state index is -0.718. The number of amides is 1. The number of carbonyl (C=O) groups is 2. The lowest BCUT2D eigenvalue weighted by Gasteiger charge is -2.39. The van der Waals surface area contributed by atoms with Crippen LogP contribution in [0.2, 0.25) is 0 Å². The van der Waals surface area contributed by atoms with Crippen LogP contribution in [0.15, 0.2) is 0 Å². The van der Waals surface area contributed by atoms with Crippen molar-refractivity contribution in [3.8, 4) is 0 Å². The number of nitrogens with zero attached hydrogens (tertiary/aromatic N) is 1. The van der Waals surface area contributed by atoms with Crippen LogP contribution in [0.25, 0.3) is 0 Å². The molecule has 3 aliphatic rings. The van der Waals surface area contributed by atoms with Crippen LogP contribution in [0, 0.1) is 11.8 Å². The number of carboxylic acid groups (broad SMARTS) is 1. The van der Waals surface area contributed by atoms with Gasteiger partial charge in [0.1, 0.15) is 0 Å². The maximum Gasteiger partial charge on any atom is 0.303 e. The van der Waals surface area contributed by atoms with Crippen LogP contribution < -0.4 is 5.73 Å². The van der Waals surface area contributed by atoms with E-state index in [9.17, 15) is 9.59 Å². The summed E-state index contributed by atoms with van der Waals surface area (Å²) in [6.07, 6.45) is 6.83. The lowest BCUT2D eigenvalue weighted by atomic mass is 9.88. The molecule has 3 N–H and O–H groups in total. The first-order valence-electron chi connectivity index (χ1n) is 7.83. The maximum absolute atomic E-state index is 12.5. The van der Waals surface area contributed by atoms with Crippen molar-refractivity contribution < 1.29 is 14.7 Å². The smallest absolute Gasteiger partial charge is 0.303 e. The number of nitrogens with two attached hydrogens (primary N) is 1. The minimum absolute atomic E-state index is 0.0265. The Balaban J connectivity index is 1.58. The Morgan fingerprint density at radius 1 is 1.15 bits per heavy atom. The van der Waals surface area contributed by atoms with E-state index in [1.54, 1.807) is 0 Å². The number of carbonyl (C=O) groups excluding carboxylic acids is 1. The van der Waals surface area contributed by atoms with E-state index in [-0.39, 0.29) is 36.4 Å². The number of fused-ring (bicyclic) bond motifs is 2. The number of hydrogen-bond donors (Lipinski definition) is 2. The zero-order valence-electron chi connectivity index (χ0n) is 11.8. The Bertz CT molecular complexity index is 394. The molecule has 20 heavy (non-hydrogen) atoms. The van der Waals surface area contributed by atoms with E-state index in [0.717, 1.165) is 25.7 Å². The summed E-state index contributed by atoms with van der Waals surface area (Å²) < 4.78 is 0. The van der Waals surface area contributed by atoms with Crippen molar-refractivity contribution in [2.75, 3.05) is 0 Å². The molecule has 2 saturated heterocycles. The maximum atomic E-state index is 12.5. The van der Waals surface area contributed by atoms with Gasteiger partial charge < -0.3 is 15.7 Å². The van der Waals surface area contributed by atoms with Crippen LogP contribution in [0.3, 0.4) is 0 Å². The monoisotopic (exact) mass is 280 g/mol. The zero-order chi connectivity index (χ0) is 14.3. The van der Waals surface area contributed by atoms with Crippen molar-refractivity contribution in [1.29, 1.82) is 0 Å². The van der Waals surface area contributed by atoms with Gasteiger partial charge in [-0.2, -0.15) is 0 Å². The van der Waals surface area contributed by atoms with Gasteiger partial charge in [-0.05, 0) is 50.4 Å². The van der Waals surface area contributed by atoms with E-state index in [4.69, 9.17) is 10.8 Å². The summed E-state index contributed by atoms with van der Waals surface area (Å²) in [5.41, 5.74) is 6.07. The SMILES string of the molecule is NC(CC(=O)N1C2CCC1CC(CC(=O)O)C2)C1CC1. The molecule has 2 aliphatic heterocycles. The van der Waals surface area contributed by atoms with Gasteiger partial charge in [0.2, 0.25) is 5.91 Å². The van der Waals surface area contributed by atoms with E-state index >= 15 is 0 Å². The molecule has 2 heterocycles. The molecule has 3 atom stereocenters. The van der Waals surface area contributed by atoms with E-state index in [0.29, 0.717) is 12.3 Å². The number of carboxylic acids is 1. The van der Waals surface area contributed by atoms with Crippen molar-refractivity contribution in [2.45, 2.75) is 69.5 Å². The third-order valence-corrected chi connectivity index (χ3v) is 5.22. The van der Waals surface area contributed by atoms with E-state index in [1.807, 2.05) is 4.90 Å². The first kappa shape index (κ1) is 13.9. The Hall–Kier alpha value is -1.10. The summed E-state index contributed by atoms with van der Waals surface area (Å²) in [6, 6.07) is 0.549. The Labute approximate surface area is 119 Å². The fourth-order valence-corrected chi connectivity index (χ4v) is 4.11. The van der Waals surface area contributed by atoms with Crippen LogP contribution in [-0.4, -0.2) is 40.0 Å². The molecule has 3 fully saturated rings. The third kappa shape index (κ3) is 2.82. The Morgan fingerprint density at radius 2 is 1.75 bits per heavy atom. The van der Waals surface area contributed by atoms with Crippen molar-refractivity contribution >= 4 is 11.9 Å². The molecule has 5 heteroatoms. The predicted molar refractivity (Wildman–Crippen MR) is 73.9 cm³/mol. The van der Waals surface area contributed by atoms with Gasteiger partial charge in [-0.25, -0.2) is 0 Å². The summed E-state index contributed by atoms with van der Waals surface area (Å²) in [7, 11) is 0. The largest absolute Gasteiger partial charge is 0.481 e. The Kier molecular flexibility index (Phi) is 3.71. The number of piperidine rings is 1. The molecule has 1 amide bonds. The first-order chi connectivity index (χ1) is 9.54. The van der Waals surface area contributed by atoms with E-state index in [2.05, 4.69) is 0 Å². The highest BCUT2D eigenvalue weighted by Gasteiger charge is 2.44. The quantitative estimate of drug-likeness (QED) is 0.796. The van der Waals surface area contributed by atoms with Crippen molar-refractivity contribution in [3.05, 3.63) is 0 Å². The van der Waals surface area contributed by atoms with Gasteiger partial charge in [-0.3, -0.25) is 9.59 Å². The molecule has 1 aliphatic carbocycles. The van der Waals surface area contributed by atoms with Crippen molar-refractivity contribution in [2.24, 2.45) is 17.6 Å². The second-order valence-electron chi connectivity index (χ2n) is 6.83. The van der Waals surface area contributed by atoms with Crippen molar-refractivity contribution in [3.63, 3.8) is 0 Å². The second-order valence-corrected chi connectivity index (χ2v) is 6.83. The fourth-order valence-electron chi connectivity index (χ4n) is 4.11. The van der Waals surface area contributed by atoms with Crippen molar-refractivity contribution in [1.82, 2.24) is 4.90 Å². The molecule has 5 nitrogen and oxygen atoms in total. The summed E-state index contributed by atoms with van der Waals surface area (Å²) >= 11 is 0. The van der Waals surface area contributed by atoms with Gasteiger partial charge in [0, 0.05) is 31.0 Å². The number of hydrogen-bond acceptors (Lipinski definition) is 3. The number of rotatable bonds is 5. The topological polar surface area (TPSA) is 83.6 Å². The normalized spacial score (nSPS) is 34.0. The van der Waals surface area contributed by atoms with Crippen LogP contribution in [0.5, 0.6) is 0 Å². The van der Waals surface area contributed by atoms with Gasteiger partial charge >= 0.3 is 5.97 Å². The predicted octanol–water partition coefficient (Wildman–Crippen LogP) is 1.36. The summed E-state index contributed by atoms with van der Waals surface area (Å²) in [6.45, 7) is 0. The fraction of sp³-hybridized carbons (Fsp3) is 0.867. The average molecular weight is 280 g/mol. The highest BCUT2D eigenvalue weighted by Crippen LogP contribution is 2.41. The van der Waals surface area contributed by atoms with Crippen LogP contribution >= 0.6 is 0 Å². The van der Waals surface area contributed by atoms with Gasteiger partial charge in [-0.1, -0.05) is 0 Å². The average Bonchev–Trinajstić information content (AvgIpc) is 3.15. The molecule has 2 bridgehead atoms. The highest BCUT2D eigenvalue weighted by atomic mass is 16.4. The molecule has 3 unspecified atom stereocenters. The van der Waals surface area contributed by atoms with Gasteiger partial charge in [-0.15, -0.1) is 0 Å². The van der Waals surface area contributed by atoms with Gasteiger partial charge in [0.25, 0.3) is 0 Å². The Morgan fingerprint density at radius 3 is 2.25 bits per heavy atom. The molecule has 0 spiro atoms. The lowest BCUT2D eigenvalue weighted by molar-refractivity contribution is -0.140. The van der Waals surface area contributed by atoms with E-state index < -0.39 is 5.97 Å². The van der Waals surface area contributed by atoms with Gasteiger partial charge in [0.05, 0.1) is 0 Å². The highest BCUT2D eigenvalue weighted by molar-refractivity contribution is 5.78. The van der Waals surface area contributed by atoms with Crippen LogP contribution in [-0.2, 0) is 9.59 Å². The second kappa shape index (κ2) is 5.35. The summed E-state index contributed by atoms with van der Waals surface area (Å²) in [4.78, 5) is 25.3. The molecular formula is C15H24N2O3. The summed E-state index contributed by atoms with van der Waals surface area (Å²) in [5, 5.41) is 8.92. The molecule has 3 rings (SSSR count). The molecule has 112 valence electrons. The zero-order valence-corrected chi connectivity index (χ0v) is 11.8. The number of aliphatic carboxylic acids is 1. The molecular weight excluding hydrogens is 256 g/mol. The molecule has 0 aromatic carbocycles. The van der Waals surface area contributed by atoms with Crippen LogP contribution in [0.1, 0.15) is 51.4 Å². The summed E-state index contributed by atoms with van der Waals surface area (Å²) in [5.74, 6) is 0.280. The molecule has 0 aromatic rings.